The third-order valence-electron chi connectivity index (χ3n) is 7.52. The van der Waals surface area contributed by atoms with E-state index >= 15 is 0 Å². The van der Waals surface area contributed by atoms with Crippen molar-refractivity contribution in [3.8, 4) is 5.75 Å². The lowest BCUT2D eigenvalue weighted by Crippen LogP contribution is -2.44. The van der Waals surface area contributed by atoms with Crippen LogP contribution in [0.5, 0.6) is 5.75 Å². The molecule has 1 aliphatic carbocycles. The van der Waals surface area contributed by atoms with E-state index in [9.17, 15) is 22.8 Å². The van der Waals surface area contributed by atoms with Gasteiger partial charge in [0.05, 0.1) is 17.6 Å². The second-order valence-corrected chi connectivity index (χ2v) is 9.49. The molecule has 6 rings (SSSR count). The molecule has 184 valence electrons. The third-order valence-corrected chi connectivity index (χ3v) is 7.52. The molecule has 3 N–H and O–H groups in total. The zero-order valence-electron chi connectivity index (χ0n) is 18.5. The lowest BCUT2D eigenvalue weighted by atomic mass is 9.60. The van der Waals surface area contributed by atoms with Crippen LogP contribution in [-0.2, 0) is 0 Å². The highest BCUT2D eigenvalue weighted by molar-refractivity contribution is 5.97. The quantitative estimate of drug-likeness (QED) is 0.608. The summed E-state index contributed by atoms with van der Waals surface area (Å²) in [5.41, 5.74) is 11.3. The Morgan fingerprint density at radius 1 is 0.914 bits per heavy atom. The topological polar surface area (TPSA) is 98.8 Å². The molecule has 0 bridgehead atoms. The maximum Gasteiger partial charge on any atom is 0.422 e. The molecule has 3 aliphatic heterocycles. The predicted molar refractivity (Wildman–Crippen MR) is 118 cm³/mol. The molecule has 12 heteroatoms. The molecule has 1 aromatic carbocycles. The molecule has 2 unspecified atom stereocenters. The first kappa shape index (κ1) is 22.0. The summed E-state index contributed by atoms with van der Waals surface area (Å²) in [6.07, 6.45) is -3.29. The Morgan fingerprint density at radius 2 is 1.54 bits per heavy atom. The van der Waals surface area contributed by atoms with Gasteiger partial charge in [0.2, 0.25) is 0 Å². The number of amides is 2. The van der Waals surface area contributed by atoms with Crippen LogP contribution >= 0.6 is 0 Å². The van der Waals surface area contributed by atoms with Crippen molar-refractivity contribution >= 4 is 23.2 Å². The lowest BCUT2D eigenvalue weighted by molar-refractivity contribution is -0.153. The maximum atomic E-state index is 13.1. The minimum absolute atomic E-state index is 0.0129. The molecule has 2 aromatic rings. The molecule has 2 amide bonds. The van der Waals surface area contributed by atoms with Gasteiger partial charge >= 0.3 is 6.18 Å². The van der Waals surface area contributed by atoms with Crippen LogP contribution < -0.4 is 21.1 Å². The number of nitrogens with one attached hydrogen (secondary N) is 3. The van der Waals surface area contributed by atoms with Crippen molar-refractivity contribution in [1.82, 2.24) is 20.3 Å². The fourth-order valence-electron chi connectivity index (χ4n) is 5.86. The number of nitrogens with zero attached hydrogens (tertiary/aromatic N) is 3. The van der Waals surface area contributed by atoms with Crippen molar-refractivity contribution in [2.45, 2.75) is 6.18 Å². The van der Waals surface area contributed by atoms with Crippen molar-refractivity contribution in [3.63, 3.8) is 0 Å². The van der Waals surface area contributed by atoms with Gasteiger partial charge in [0, 0.05) is 31.7 Å². The van der Waals surface area contributed by atoms with Crippen molar-refractivity contribution in [2.24, 2.45) is 23.7 Å². The minimum atomic E-state index is -4.44. The number of anilines is 2. The van der Waals surface area contributed by atoms with Gasteiger partial charge in [-0.05, 0) is 54.0 Å². The first-order valence-corrected chi connectivity index (χ1v) is 11.4. The van der Waals surface area contributed by atoms with E-state index in [0.29, 0.717) is 55.4 Å². The zero-order chi connectivity index (χ0) is 24.3. The summed E-state index contributed by atoms with van der Waals surface area (Å²) < 4.78 is 41.5. The number of hydrogen-bond acceptors (Lipinski definition) is 7. The van der Waals surface area contributed by atoms with E-state index in [1.807, 2.05) is 23.1 Å². The Bertz CT molecular complexity index is 1150. The number of fused-ring (bicyclic) bond motifs is 5. The first-order valence-electron chi connectivity index (χ1n) is 11.4. The number of likely N-dealkylation sites (tertiary alicyclic amines) is 2. The predicted octanol–water partition coefficient (Wildman–Crippen LogP) is 2.37. The molecule has 35 heavy (non-hydrogen) atoms. The van der Waals surface area contributed by atoms with Crippen LogP contribution in [0.1, 0.15) is 20.8 Å². The smallest absolute Gasteiger partial charge is 0.422 e. The second kappa shape index (κ2) is 8.01. The normalized spacial score (nSPS) is 26.3. The highest BCUT2D eigenvalue weighted by Crippen LogP contribution is 2.54. The van der Waals surface area contributed by atoms with Gasteiger partial charge in [-0.25, -0.2) is 4.98 Å². The third kappa shape index (κ3) is 3.91. The molecule has 4 heterocycles. The summed E-state index contributed by atoms with van der Waals surface area (Å²) in [6.45, 7) is 1.15. The Hall–Kier alpha value is -3.54. The van der Waals surface area contributed by atoms with E-state index in [2.05, 4.69) is 26.1 Å². The van der Waals surface area contributed by atoms with Gasteiger partial charge in [-0.1, -0.05) is 0 Å². The van der Waals surface area contributed by atoms with Crippen molar-refractivity contribution < 1.29 is 27.5 Å². The van der Waals surface area contributed by atoms with Crippen LogP contribution in [0.15, 0.2) is 36.5 Å². The van der Waals surface area contributed by atoms with Gasteiger partial charge < -0.3 is 25.4 Å². The molecule has 2 saturated heterocycles. The number of carbonyl (C=O) groups excluding carboxylic acids is 2. The van der Waals surface area contributed by atoms with E-state index < -0.39 is 12.8 Å². The van der Waals surface area contributed by atoms with Gasteiger partial charge in [0.25, 0.3) is 11.8 Å². The summed E-state index contributed by atoms with van der Waals surface area (Å²) >= 11 is 0. The van der Waals surface area contributed by atoms with Crippen LogP contribution in [0.2, 0.25) is 0 Å². The number of ether oxygens (including phenoxy) is 1. The molecular formula is C23H23F3N6O3. The van der Waals surface area contributed by atoms with Gasteiger partial charge in [-0.15, -0.1) is 5.53 Å². The van der Waals surface area contributed by atoms with Crippen LogP contribution in [0, 0.1) is 23.7 Å². The van der Waals surface area contributed by atoms with Crippen molar-refractivity contribution in [1.29, 1.82) is 0 Å². The standard InChI is InChI=1S/C23H23F3N6O3/c24-23(25,26)11-35-13-2-4-19(27-6-13)22(34)32-9-16-14-7-31(8-15(14)17(16)10-32)21(33)12-1-3-18-20(5-12)29-30-28-18/h1-6,14-17,28-30H,7-11H2/t14-,15+,16?,17?. The van der Waals surface area contributed by atoms with Gasteiger partial charge in [0.1, 0.15) is 11.4 Å². The largest absolute Gasteiger partial charge is 0.483 e. The molecule has 4 atom stereocenters. The molecular weight excluding hydrogens is 465 g/mol. The van der Waals surface area contributed by atoms with E-state index in [0.717, 1.165) is 17.6 Å². The molecule has 0 radical (unpaired) electrons. The molecule has 1 aromatic heterocycles. The van der Waals surface area contributed by atoms with E-state index in [-0.39, 0.29) is 23.3 Å². The summed E-state index contributed by atoms with van der Waals surface area (Å²) in [5, 5.41) is 0. The van der Waals surface area contributed by atoms with Gasteiger partial charge in [-0.2, -0.15) is 13.2 Å². The number of benzene rings is 1. The average Bonchev–Trinajstić information content (AvgIpc) is 3.55. The Kier molecular flexibility index (Phi) is 5.02. The highest BCUT2D eigenvalue weighted by atomic mass is 19.4. The number of aromatic nitrogens is 1. The molecule has 9 nitrogen and oxygen atoms in total. The Labute approximate surface area is 198 Å². The van der Waals surface area contributed by atoms with Crippen LogP contribution in [0.25, 0.3) is 0 Å². The fourth-order valence-corrected chi connectivity index (χ4v) is 5.86. The summed E-state index contributed by atoms with van der Waals surface area (Å²) in [5.74, 6) is 1.15. The number of hydrogen-bond donors (Lipinski definition) is 3. The number of alkyl halides is 3. The van der Waals surface area contributed by atoms with Crippen molar-refractivity contribution in [2.75, 3.05) is 43.6 Å². The van der Waals surface area contributed by atoms with Gasteiger partial charge in [-0.3, -0.25) is 9.59 Å². The molecule has 0 spiro atoms. The molecule has 4 aliphatic rings. The number of pyridine rings is 1. The second-order valence-electron chi connectivity index (χ2n) is 9.49. The first-order chi connectivity index (χ1) is 16.8. The highest BCUT2D eigenvalue weighted by Gasteiger charge is 2.59. The Morgan fingerprint density at radius 3 is 2.14 bits per heavy atom. The van der Waals surface area contributed by atoms with Gasteiger partial charge in [0.15, 0.2) is 6.61 Å². The van der Waals surface area contributed by atoms with Crippen LogP contribution in [-0.4, -0.2) is 65.6 Å². The van der Waals surface area contributed by atoms with E-state index in [4.69, 9.17) is 0 Å². The summed E-state index contributed by atoms with van der Waals surface area (Å²) in [4.78, 5) is 33.7. The minimum Gasteiger partial charge on any atom is -0.483 e. The number of rotatable bonds is 4. The fraction of sp³-hybridized carbons (Fsp3) is 0.435. The van der Waals surface area contributed by atoms with E-state index in [1.165, 1.54) is 12.1 Å². The number of carbonyl (C=O) groups is 2. The lowest BCUT2D eigenvalue weighted by Gasteiger charge is -2.42. The summed E-state index contributed by atoms with van der Waals surface area (Å²) in [6, 6.07) is 8.23. The molecule has 3 fully saturated rings. The number of halogens is 3. The molecule has 1 saturated carbocycles. The number of hydrazine groups is 2. The van der Waals surface area contributed by atoms with E-state index in [1.54, 1.807) is 4.90 Å². The zero-order valence-corrected chi connectivity index (χ0v) is 18.5. The summed E-state index contributed by atoms with van der Waals surface area (Å²) in [7, 11) is 0. The van der Waals surface area contributed by atoms with Crippen molar-refractivity contribution in [3.05, 3.63) is 47.8 Å². The SMILES string of the molecule is O=C(c1ccc2c(c1)NNN2)N1C[C@@H]2C3CN(C(=O)c4ccc(OCC(F)(F)F)cn4)CC3[C@@H]2C1. The monoisotopic (exact) mass is 488 g/mol. The van der Waals surface area contributed by atoms with Crippen LogP contribution in [0.3, 0.4) is 0 Å². The Balaban J connectivity index is 1.05. The maximum absolute atomic E-state index is 13.1. The average molecular weight is 488 g/mol. The van der Waals surface area contributed by atoms with Crippen LogP contribution in [0.4, 0.5) is 24.5 Å².